The van der Waals surface area contributed by atoms with Gasteiger partial charge in [0.15, 0.2) is 0 Å². The van der Waals surface area contributed by atoms with Crippen LogP contribution in [0.1, 0.15) is 28.4 Å². The average molecular weight is 209 g/mol. The number of carboxylic acids is 1. The van der Waals surface area contributed by atoms with Gasteiger partial charge < -0.3 is 5.11 Å². The van der Waals surface area contributed by atoms with Gasteiger partial charge in [0.25, 0.3) is 0 Å². The topological polar surface area (TPSA) is 50.2 Å². The van der Waals surface area contributed by atoms with Gasteiger partial charge in [-0.05, 0) is 26.7 Å². The average Bonchev–Trinajstić information content (AvgIpc) is 2.81. The summed E-state index contributed by atoms with van der Waals surface area (Å²) in [4.78, 5) is 16.7. The van der Waals surface area contributed by atoms with Crippen molar-refractivity contribution < 1.29 is 9.90 Å². The molecule has 74 valence electrons. The highest BCUT2D eigenvalue weighted by Gasteiger charge is 2.89. The van der Waals surface area contributed by atoms with Crippen LogP contribution in [0.5, 0.6) is 0 Å². The van der Waals surface area contributed by atoms with Crippen LogP contribution in [0, 0.1) is 19.3 Å². The van der Waals surface area contributed by atoms with E-state index in [1.807, 2.05) is 13.8 Å². The lowest BCUT2D eigenvalue weighted by atomic mass is 10.1. The Hall–Kier alpha value is -0.900. The number of hydrogen-bond donors (Lipinski definition) is 1. The lowest BCUT2D eigenvalue weighted by Crippen LogP contribution is -2.03. The molecule has 14 heavy (non-hydrogen) atoms. The maximum Gasteiger partial charge on any atom is 0.310 e. The van der Waals surface area contributed by atoms with Gasteiger partial charge in [0.05, 0.1) is 16.1 Å². The van der Waals surface area contributed by atoms with E-state index >= 15 is 0 Å². The Kier molecular flexibility index (Phi) is 1.22. The van der Waals surface area contributed by atoms with Crippen LogP contribution in [0.4, 0.5) is 0 Å². The van der Waals surface area contributed by atoms with E-state index in [-0.39, 0.29) is 5.41 Å². The monoisotopic (exact) mass is 209 g/mol. The van der Waals surface area contributed by atoms with Crippen molar-refractivity contribution in [1.29, 1.82) is 0 Å². The summed E-state index contributed by atoms with van der Waals surface area (Å²) >= 11 is 1.67. The maximum atomic E-state index is 11.0. The zero-order valence-corrected chi connectivity index (χ0v) is 8.94. The third-order valence-corrected chi connectivity index (χ3v) is 4.53. The third kappa shape index (κ3) is 0.704. The van der Waals surface area contributed by atoms with Crippen molar-refractivity contribution in [2.24, 2.45) is 5.41 Å². The molecule has 1 aromatic rings. The summed E-state index contributed by atoms with van der Waals surface area (Å²) in [5, 5.41) is 10.1. The van der Waals surface area contributed by atoms with Crippen LogP contribution in [0.25, 0.3) is 0 Å². The molecule has 0 saturated heterocycles. The van der Waals surface area contributed by atoms with E-state index in [1.165, 1.54) is 4.88 Å². The molecular weight excluding hydrogens is 198 g/mol. The summed E-state index contributed by atoms with van der Waals surface area (Å²) in [6.07, 6.45) is 1.61. The van der Waals surface area contributed by atoms with Gasteiger partial charge in [-0.3, -0.25) is 4.79 Å². The van der Waals surface area contributed by atoms with E-state index in [9.17, 15) is 4.79 Å². The number of thiazole rings is 1. The number of rotatable bonds is 2. The summed E-state index contributed by atoms with van der Waals surface area (Å²) in [6.45, 7) is 4.02. The minimum atomic E-state index is -0.637. The number of carboxylic acid groups (broad SMARTS) is 1. The fourth-order valence-corrected chi connectivity index (χ4v) is 3.53. The minimum Gasteiger partial charge on any atom is -0.481 e. The van der Waals surface area contributed by atoms with Crippen LogP contribution in [-0.2, 0) is 10.2 Å². The molecule has 0 spiro atoms. The van der Waals surface area contributed by atoms with E-state index < -0.39 is 11.4 Å². The Morgan fingerprint density at radius 1 is 1.50 bits per heavy atom. The first-order valence-corrected chi connectivity index (χ1v) is 5.51. The molecule has 0 bridgehead atoms. The highest BCUT2D eigenvalue weighted by molar-refractivity contribution is 7.11. The standard InChI is InChI=1S/C10H11NO2S/c1-5-7(11-6(2)14-5)9-3-10(9,4-9)8(12)13/h3-4H2,1-2H3,(H,12,13). The molecule has 4 heteroatoms. The molecule has 0 amide bonds. The van der Waals surface area contributed by atoms with Crippen molar-refractivity contribution >= 4 is 17.3 Å². The summed E-state index contributed by atoms with van der Waals surface area (Å²) < 4.78 is 0. The highest BCUT2D eigenvalue weighted by atomic mass is 32.1. The number of fused-ring (bicyclic) bond motifs is 1. The van der Waals surface area contributed by atoms with E-state index in [1.54, 1.807) is 11.3 Å². The second kappa shape index (κ2) is 2.03. The van der Waals surface area contributed by atoms with Crippen molar-refractivity contribution in [3.05, 3.63) is 15.6 Å². The Balaban J connectivity index is 2.02. The lowest BCUT2D eigenvalue weighted by Gasteiger charge is -1.97. The first-order valence-electron chi connectivity index (χ1n) is 4.70. The van der Waals surface area contributed by atoms with Crippen LogP contribution in [0.2, 0.25) is 0 Å². The van der Waals surface area contributed by atoms with E-state index in [4.69, 9.17) is 5.11 Å². The van der Waals surface area contributed by atoms with Gasteiger partial charge in [-0.1, -0.05) is 0 Å². The Morgan fingerprint density at radius 3 is 2.50 bits per heavy atom. The second-order valence-corrected chi connectivity index (χ2v) is 5.87. The van der Waals surface area contributed by atoms with E-state index in [0.29, 0.717) is 0 Å². The van der Waals surface area contributed by atoms with Crippen molar-refractivity contribution in [1.82, 2.24) is 4.98 Å². The number of aliphatic carboxylic acids is 1. The molecule has 0 aliphatic heterocycles. The fourth-order valence-electron chi connectivity index (χ4n) is 2.61. The zero-order valence-electron chi connectivity index (χ0n) is 8.13. The molecule has 3 nitrogen and oxygen atoms in total. The van der Waals surface area contributed by atoms with Gasteiger partial charge in [-0.25, -0.2) is 4.98 Å². The molecular formula is C10H11NO2S. The fraction of sp³-hybridized carbons (Fsp3) is 0.600. The molecule has 1 N–H and O–H groups in total. The largest absolute Gasteiger partial charge is 0.481 e. The normalized spacial score (nSPS) is 37.9. The quantitative estimate of drug-likeness (QED) is 0.809. The second-order valence-electron chi connectivity index (χ2n) is 4.46. The Labute approximate surface area is 85.8 Å². The zero-order chi connectivity index (χ0) is 10.1. The molecule has 2 fully saturated rings. The van der Waals surface area contributed by atoms with Crippen molar-refractivity contribution in [2.75, 3.05) is 0 Å². The third-order valence-electron chi connectivity index (χ3n) is 3.64. The van der Waals surface area contributed by atoms with Gasteiger partial charge in [-0.2, -0.15) is 0 Å². The summed E-state index contributed by atoms with van der Waals surface area (Å²) in [6, 6.07) is 0. The molecule has 2 aliphatic carbocycles. The van der Waals surface area contributed by atoms with Gasteiger partial charge >= 0.3 is 5.97 Å². The highest BCUT2D eigenvalue weighted by Crippen LogP contribution is 2.86. The Bertz CT molecular complexity index is 443. The molecule has 1 aromatic heterocycles. The number of aromatic nitrogens is 1. The summed E-state index contributed by atoms with van der Waals surface area (Å²) in [5.74, 6) is -0.637. The number of hydrogen-bond acceptors (Lipinski definition) is 3. The SMILES string of the molecule is Cc1nc(C23CC2(C(=O)O)C3)c(C)s1. The van der Waals surface area contributed by atoms with E-state index in [0.717, 1.165) is 23.5 Å². The molecule has 3 rings (SSSR count). The van der Waals surface area contributed by atoms with Gasteiger partial charge in [0.2, 0.25) is 0 Å². The predicted molar refractivity (Wildman–Crippen MR) is 52.6 cm³/mol. The molecule has 0 aromatic carbocycles. The smallest absolute Gasteiger partial charge is 0.310 e. The Morgan fingerprint density at radius 2 is 2.14 bits per heavy atom. The first-order chi connectivity index (χ1) is 6.52. The summed E-state index contributed by atoms with van der Waals surface area (Å²) in [5.41, 5.74) is 0.578. The molecule has 0 unspecified atom stereocenters. The molecule has 2 aliphatic rings. The summed E-state index contributed by atoms with van der Waals surface area (Å²) in [7, 11) is 0. The maximum absolute atomic E-state index is 11.0. The number of aryl methyl sites for hydroxylation is 2. The van der Waals surface area contributed by atoms with E-state index in [2.05, 4.69) is 4.98 Å². The van der Waals surface area contributed by atoms with Gasteiger partial charge in [0.1, 0.15) is 0 Å². The van der Waals surface area contributed by atoms with Crippen LogP contribution < -0.4 is 0 Å². The van der Waals surface area contributed by atoms with Crippen LogP contribution in [0.3, 0.4) is 0 Å². The van der Waals surface area contributed by atoms with Gasteiger partial charge in [0, 0.05) is 10.3 Å². The number of nitrogens with zero attached hydrogens (tertiary/aromatic N) is 1. The van der Waals surface area contributed by atoms with Crippen molar-refractivity contribution in [3.63, 3.8) is 0 Å². The molecule has 0 atom stereocenters. The lowest BCUT2D eigenvalue weighted by molar-refractivity contribution is -0.140. The van der Waals surface area contributed by atoms with Crippen molar-refractivity contribution in [2.45, 2.75) is 32.1 Å². The molecule has 0 radical (unpaired) electrons. The predicted octanol–water partition coefficient (Wildman–Crippen LogP) is 1.88. The first kappa shape index (κ1) is 8.41. The molecule has 2 saturated carbocycles. The van der Waals surface area contributed by atoms with Crippen LogP contribution in [-0.4, -0.2) is 16.1 Å². The molecule has 1 heterocycles. The van der Waals surface area contributed by atoms with Crippen LogP contribution in [0.15, 0.2) is 0 Å². The van der Waals surface area contributed by atoms with Gasteiger partial charge in [-0.15, -0.1) is 11.3 Å². The van der Waals surface area contributed by atoms with Crippen LogP contribution >= 0.6 is 11.3 Å². The minimum absolute atomic E-state index is 0.0618. The number of carbonyl (C=O) groups is 1. The van der Waals surface area contributed by atoms with Crippen molar-refractivity contribution in [3.8, 4) is 0 Å².